The van der Waals surface area contributed by atoms with Crippen LogP contribution in [0.4, 0.5) is 0 Å². The molecule has 32 heavy (non-hydrogen) atoms. The zero-order chi connectivity index (χ0) is 22.5. The number of fused-ring (bicyclic) bond motifs is 5. The first kappa shape index (κ1) is 21.9. The smallest absolute Gasteiger partial charge is 0.156 e. The van der Waals surface area contributed by atoms with E-state index in [2.05, 4.69) is 50.3 Å². The Labute approximate surface area is 193 Å². The van der Waals surface area contributed by atoms with Gasteiger partial charge in [-0.25, -0.2) is 0 Å². The van der Waals surface area contributed by atoms with Crippen LogP contribution in [0.5, 0.6) is 0 Å². The summed E-state index contributed by atoms with van der Waals surface area (Å²) in [5, 5.41) is 0. The molecule has 0 saturated heterocycles. The van der Waals surface area contributed by atoms with E-state index in [1.54, 1.807) is 0 Å². The topological polar surface area (TPSA) is 34.1 Å². The molecule has 0 unspecified atom stereocenters. The van der Waals surface area contributed by atoms with Crippen molar-refractivity contribution in [3.05, 3.63) is 59.2 Å². The fraction of sp³-hybridized carbons (Fsp3) is 0.600. The number of allylic oxidation sites excluding steroid dienone is 4. The maximum absolute atomic E-state index is 12.8. The SMILES string of the molecule is CC(=O)[C@H]1CC[C@H]2[C@@H]3C=CC4=CC(=O)CC[C@@]4(C)[C@@H]3CC[C@]12CCCc1ccc(C)cc1. The van der Waals surface area contributed by atoms with Crippen LogP contribution in [0.15, 0.2) is 48.1 Å². The number of benzene rings is 1. The summed E-state index contributed by atoms with van der Waals surface area (Å²) in [7, 11) is 0. The zero-order valence-electron chi connectivity index (χ0n) is 20.0. The molecule has 0 radical (unpaired) electrons. The fourth-order valence-electron chi connectivity index (χ4n) is 8.28. The Balaban J connectivity index is 1.41. The van der Waals surface area contributed by atoms with Crippen molar-refractivity contribution < 1.29 is 9.59 Å². The zero-order valence-corrected chi connectivity index (χ0v) is 20.0. The average molecular weight is 431 g/mol. The van der Waals surface area contributed by atoms with Gasteiger partial charge >= 0.3 is 0 Å². The lowest BCUT2D eigenvalue weighted by Gasteiger charge is -2.57. The highest BCUT2D eigenvalue weighted by atomic mass is 16.1. The molecule has 170 valence electrons. The molecule has 2 fully saturated rings. The van der Waals surface area contributed by atoms with Gasteiger partial charge in [-0.3, -0.25) is 9.59 Å². The Kier molecular flexibility index (Phi) is 5.55. The third-order valence-electron chi connectivity index (χ3n) is 9.95. The quantitative estimate of drug-likeness (QED) is 0.514. The molecule has 0 aromatic heterocycles. The largest absolute Gasteiger partial charge is 0.300 e. The Morgan fingerprint density at radius 2 is 1.84 bits per heavy atom. The van der Waals surface area contributed by atoms with Crippen LogP contribution in [0.3, 0.4) is 0 Å². The third-order valence-corrected chi connectivity index (χ3v) is 9.95. The highest BCUT2D eigenvalue weighted by Gasteiger charge is 2.60. The second kappa shape index (κ2) is 8.12. The van der Waals surface area contributed by atoms with Crippen LogP contribution in [0.2, 0.25) is 0 Å². The predicted octanol–water partition coefficient (Wildman–Crippen LogP) is 6.81. The van der Waals surface area contributed by atoms with Crippen LogP contribution in [-0.4, -0.2) is 11.6 Å². The average Bonchev–Trinajstić information content (AvgIpc) is 3.15. The van der Waals surface area contributed by atoms with Crippen LogP contribution >= 0.6 is 0 Å². The summed E-state index contributed by atoms with van der Waals surface area (Å²) in [5.41, 5.74) is 4.30. The van der Waals surface area contributed by atoms with Gasteiger partial charge in [-0.2, -0.15) is 0 Å². The molecule has 1 aromatic carbocycles. The van der Waals surface area contributed by atoms with Gasteiger partial charge in [-0.1, -0.05) is 48.9 Å². The van der Waals surface area contributed by atoms with Gasteiger partial charge < -0.3 is 0 Å². The van der Waals surface area contributed by atoms with E-state index in [-0.39, 0.29) is 16.7 Å². The second-order valence-corrected chi connectivity index (χ2v) is 11.5. The molecular weight excluding hydrogens is 392 g/mol. The van der Waals surface area contributed by atoms with Crippen LogP contribution < -0.4 is 0 Å². The molecule has 1 aromatic rings. The minimum atomic E-state index is 0.135. The van der Waals surface area contributed by atoms with E-state index in [9.17, 15) is 9.59 Å². The van der Waals surface area contributed by atoms with Gasteiger partial charge in [0.15, 0.2) is 5.78 Å². The number of Topliss-reactive ketones (excluding diaryl/α,β-unsaturated/α-hetero) is 1. The van der Waals surface area contributed by atoms with Gasteiger partial charge in [0, 0.05) is 12.3 Å². The summed E-state index contributed by atoms with van der Waals surface area (Å²) in [4.78, 5) is 24.9. The number of rotatable bonds is 5. The molecule has 0 bridgehead atoms. The molecule has 2 heteroatoms. The van der Waals surface area contributed by atoms with E-state index in [0.717, 1.165) is 19.3 Å². The van der Waals surface area contributed by atoms with E-state index in [4.69, 9.17) is 0 Å². The van der Waals surface area contributed by atoms with Crippen LogP contribution in [0.25, 0.3) is 0 Å². The minimum absolute atomic E-state index is 0.135. The molecule has 6 atom stereocenters. The Bertz CT molecular complexity index is 967. The van der Waals surface area contributed by atoms with Crippen molar-refractivity contribution in [1.29, 1.82) is 0 Å². The van der Waals surface area contributed by atoms with E-state index in [1.807, 2.05) is 13.0 Å². The number of hydrogen-bond donors (Lipinski definition) is 0. The van der Waals surface area contributed by atoms with Crippen molar-refractivity contribution in [3.8, 4) is 0 Å². The number of aryl methyl sites for hydroxylation is 2. The Morgan fingerprint density at radius 1 is 1.06 bits per heavy atom. The molecule has 4 aliphatic rings. The molecule has 0 aliphatic heterocycles. The molecule has 2 saturated carbocycles. The van der Waals surface area contributed by atoms with Crippen molar-refractivity contribution in [2.24, 2.45) is 34.5 Å². The lowest BCUT2D eigenvalue weighted by atomic mass is 9.47. The number of hydrogen-bond acceptors (Lipinski definition) is 2. The molecule has 0 spiro atoms. The van der Waals surface area contributed by atoms with Gasteiger partial charge in [0.05, 0.1) is 0 Å². The maximum atomic E-state index is 12.8. The van der Waals surface area contributed by atoms with E-state index in [1.165, 1.54) is 48.8 Å². The summed E-state index contributed by atoms with van der Waals surface area (Å²) >= 11 is 0. The molecular formula is C30H38O2. The van der Waals surface area contributed by atoms with E-state index >= 15 is 0 Å². The van der Waals surface area contributed by atoms with Crippen molar-refractivity contribution in [2.75, 3.05) is 0 Å². The molecule has 4 aliphatic carbocycles. The molecule has 0 heterocycles. The monoisotopic (exact) mass is 430 g/mol. The number of carbonyl (C=O) groups excluding carboxylic acids is 2. The van der Waals surface area contributed by atoms with Gasteiger partial charge in [-0.15, -0.1) is 0 Å². The summed E-state index contributed by atoms with van der Waals surface area (Å²) in [6.07, 6.45) is 16.4. The Morgan fingerprint density at radius 3 is 2.59 bits per heavy atom. The van der Waals surface area contributed by atoms with Crippen molar-refractivity contribution in [3.63, 3.8) is 0 Å². The number of carbonyl (C=O) groups is 2. The minimum Gasteiger partial charge on any atom is -0.300 e. The third kappa shape index (κ3) is 3.45. The van der Waals surface area contributed by atoms with E-state index in [0.29, 0.717) is 35.7 Å². The van der Waals surface area contributed by atoms with Gasteiger partial charge in [0.1, 0.15) is 5.78 Å². The summed E-state index contributed by atoms with van der Waals surface area (Å²) < 4.78 is 0. The normalized spacial score (nSPS) is 38.0. The predicted molar refractivity (Wildman–Crippen MR) is 129 cm³/mol. The molecule has 5 rings (SSSR count). The van der Waals surface area contributed by atoms with Gasteiger partial charge in [0.25, 0.3) is 0 Å². The first-order valence-corrected chi connectivity index (χ1v) is 12.8. The first-order chi connectivity index (χ1) is 15.3. The Hall–Kier alpha value is -1.96. The van der Waals surface area contributed by atoms with Gasteiger partial charge in [-0.05, 0) is 111 Å². The first-order valence-electron chi connectivity index (χ1n) is 12.8. The van der Waals surface area contributed by atoms with Crippen LogP contribution in [0.1, 0.15) is 76.3 Å². The van der Waals surface area contributed by atoms with Crippen molar-refractivity contribution in [2.45, 2.75) is 78.6 Å². The summed E-state index contributed by atoms with van der Waals surface area (Å²) in [5.74, 6) is 2.73. The van der Waals surface area contributed by atoms with Crippen LogP contribution in [-0.2, 0) is 16.0 Å². The number of ketones is 2. The van der Waals surface area contributed by atoms with Crippen molar-refractivity contribution >= 4 is 11.6 Å². The summed E-state index contributed by atoms with van der Waals surface area (Å²) in [6.45, 7) is 6.39. The van der Waals surface area contributed by atoms with Crippen molar-refractivity contribution in [1.82, 2.24) is 0 Å². The molecule has 0 amide bonds. The van der Waals surface area contributed by atoms with E-state index < -0.39 is 0 Å². The molecule has 0 N–H and O–H groups in total. The summed E-state index contributed by atoms with van der Waals surface area (Å²) in [6, 6.07) is 8.95. The maximum Gasteiger partial charge on any atom is 0.156 e. The molecule has 2 nitrogen and oxygen atoms in total. The lowest BCUT2D eigenvalue weighted by Crippen LogP contribution is -2.50. The van der Waals surface area contributed by atoms with Gasteiger partial charge in [0.2, 0.25) is 0 Å². The second-order valence-electron chi connectivity index (χ2n) is 11.5. The van der Waals surface area contributed by atoms with Crippen LogP contribution in [0, 0.1) is 41.4 Å². The highest BCUT2D eigenvalue weighted by Crippen LogP contribution is 2.66. The lowest BCUT2D eigenvalue weighted by molar-refractivity contribution is -0.128. The fourth-order valence-corrected chi connectivity index (χ4v) is 8.28. The highest BCUT2D eigenvalue weighted by molar-refractivity contribution is 5.92. The standard InChI is InChI=1S/C30H38O2/c1-20-6-8-22(9-7-20)5-4-16-30-18-15-27-25(28(30)13-12-26(30)21(2)31)11-10-23-19-24(32)14-17-29(23,27)3/h6-11,19,25-28H,4-5,12-18H2,1-3H3/t25-,26-,27-,28+,29-,30-/m1/s1.